The number of thiazole rings is 1. The van der Waals surface area contributed by atoms with Gasteiger partial charge in [-0.2, -0.15) is 0 Å². The molecule has 0 atom stereocenters. The van der Waals surface area contributed by atoms with E-state index >= 15 is 0 Å². The van der Waals surface area contributed by atoms with Gasteiger partial charge in [0.1, 0.15) is 11.5 Å². The van der Waals surface area contributed by atoms with Crippen LogP contribution in [0.2, 0.25) is 0 Å². The highest BCUT2D eigenvalue weighted by Crippen LogP contribution is 2.28. The van der Waals surface area contributed by atoms with Gasteiger partial charge in [0.05, 0.1) is 23.4 Å². The fraction of sp³-hybridized carbons (Fsp3) is 0.364. The normalized spacial score (nSPS) is 14.8. The third-order valence-corrected chi connectivity index (χ3v) is 3.43. The van der Waals surface area contributed by atoms with Crippen molar-refractivity contribution < 1.29 is 9.15 Å². The van der Waals surface area contributed by atoms with Gasteiger partial charge in [0.15, 0.2) is 0 Å². The average Bonchev–Trinajstić information content (AvgIpc) is 2.97. The van der Waals surface area contributed by atoms with Crippen molar-refractivity contribution in [2.45, 2.75) is 13.8 Å². The van der Waals surface area contributed by atoms with Crippen LogP contribution in [0.25, 0.3) is 10.8 Å². The van der Waals surface area contributed by atoms with E-state index in [2.05, 4.69) is 15.0 Å². The van der Waals surface area contributed by atoms with Crippen LogP contribution < -0.4 is 0 Å². The lowest BCUT2D eigenvalue weighted by atomic mass is 10.4. The van der Waals surface area contributed by atoms with Crippen LogP contribution in [0, 0.1) is 13.8 Å². The Bertz CT molecular complexity index is 585. The Balaban J connectivity index is 2.04. The zero-order valence-electron chi connectivity index (χ0n) is 9.56. The van der Waals surface area contributed by atoms with Crippen molar-refractivity contribution in [1.29, 1.82) is 0 Å². The summed E-state index contributed by atoms with van der Waals surface area (Å²) in [6, 6.07) is 0. The number of aromatic nitrogens is 2. The highest BCUT2D eigenvalue weighted by molar-refractivity contribution is 7.13. The molecule has 88 valence electrons. The summed E-state index contributed by atoms with van der Waals surface area (Å²) in [4.78, 5) is 13.8. The predicted octanol–water partition coefficient (Wildman–Crippen LogP) is 2.19. The molecule has 0 spiro atoms. The average molecular weight is 249 g/mol. The number of aryl methyl sites for hydroxylation is 2. The van der Waals surface area contributed by atoms with Crippen LogP contribution in [0.1, 0.15) is 17.1 Å². The summed E-state index contributed by atoms with van der Waals surface area (Å²) >= 11 is 1.52. The second kappa shape index (κ2) is 3.96. The summed E-state index contributed by atoms with van der Waals surface area (Å²) in [5.41, 5.74) is 3.51. The van der Waals surface area contributed by atoms with Gasteiger partial charge < -0.3 is 9.15 Å². The van der Waals surface area contributed by atoms with E-state index in [0.29, 0.717) is 30.7 Å². The summed E-state index contributed by atoms with van der Waals surface area (Å²) in [6.45, 7) is 5.13. The van der Waals surface area contributed by atoms with Crippen molar-refractivity contribution in [2.75, 3.05) is 13.2 Å². The molecule has 3 rings (SSSR count). The van der Waals surface area contributed by atoms with Crippen LogP contribution in [-0.2, 0) is 4.74 Å². The minimum atomic E-state index is 0.559. The Morgan fingerprint density at radius 3 is 2.82 bits per heavy atom. The highest BCUT2D eigenvalue weighted by Gasteiger charge is 2.21. The molecule has 0 saturated carbocycles. The second-order valence-electron chi connectivity index (χ2n) is 3.74. The molecular formula is C11H11N3O2S. The van der Waals surface area contributed by atoms with Crippen molar-refractivity contribution in [1.82, 2.24) is 9.97 Å². The van der Waals surface area contributed by atoms with Crippen LogP contribution in [0.4, 0.5) is 0 Å². The van der Waals surface area contributed by atoms with Crippen molar-refractivity contribution in [3.05, 3.63) is 22.7 Å². The lowest BCUT2D eigenvalue weighted by molar-refractivity contribution is 0.339. The minimum Gasteiger partial charge on any atom is -0.473 e. The van der Waals surface area contributed by atoms with Gasteiger partial charge in [0, 0.05) is 0 Å². The van der Waals surface area contributed by atoms with Gasteiger partial charge in [-0.3, -0.25) is 0 Å². The molecule has 2 aromatic rings. The number of hydrogen-bond donors (Lipinski definition) is 0. The van der Waals surface area contributed by atoms with E-state index in [0.717, 1.165) is 16.3 Å². The largest absolute Gasteiger partial charge is 0.473 e. The Hall–Kier alpha value is -1.69. The molecule has 6 heteroatoms. The summed E-state index contributed by atoms with van der Waals surface area (Å²) in [5.74, 6) is 1.78. The molecule has 0 saturated heterocycles. The zero-order chi connectivity index (χ0) is 11.8. The molecule has 1 aliphatic heterocycles. The topological polar surface area (TPSA) is 60.5 Å². The SMILES string of the molecule is Cc1nc(-c2scnc2C)oc1C1=NCCO1. The lowest BCUT2D eigenvalue weighted by Crippen LogP contribution is -2.01. The Labute approximate surface area is 102 Å². The third-order valence-electron chi connectivity index (χ3n) is 2.52. The van der Waals surface area contributed by atoms with Gasteiger partial charge in [-0.15, -0.1) is 11.3 Å². The molecule has 3 heterocycles. The molecule has 0 fully saturated rings. The molecule has 0 unspecified atom stereocenters. The third kappa shape index (κ3) is 1.74. The fourth-order valence-corrected chi connectivity index (χ4v) is 2.40. The summed E-state index contributed by atoms with van der Waals surface area (Å²) in [6.07, 6.45) is 0. The first-order chi connectivity index (χ1) is 8.25. The number of aliphatic imine (C=N–C) groups is 1. The highest BCUT2D eigenvalue weighted by atomic mass is 32.1. The van der Waals surface area contributed by atoms with Crippen LogP contribution in [0.3, 0.4) is 0 Å². The van der Waals surface area contributed by atoms with E-state index in [1.165, 1.54) is 11.3 Å². The number of rotatable bonds is 2. The van der Waals surface area contributed by atoms with Gasteiger partial charge in [0.2, 0.25) is 11.7 Å². The minimum absolute atomic E-state index is 0.559. The molecule has 17 heavy (non-hydrogen) atoms. The first-order valence-corrected chi connectivity index (χ1v) is 6.19. The molecular weight excluding hydrogens is 238 g/mol. The quantitative estimate of drug-likeness (QED) is 0.818. The smallest absolute Gasteiger partial charge is 0.255 e. The number of oxazole rings is 1. The molecule has 0 aliphatic carbocycles. The number of nitrogens with zero attached hydrogens (tertiary/aromatic N) is 3. The van der Waals surface area contributed by atoms with Crippen molar-refractivity contribution in [2.24, 2.45) is 4.99 Å². The van der Waals surface area contributed by atoms with E-state index in [-0.39, 0.29) is 0 Å². The van der Waals surface area contributed by atoms with Gasteiger partial charge in [-0.25, -0.2) is 15.0 Å². The number of hydrogen-bond acceptors (Lipinski definition) is 6. The molecule has 1 aliphatic rings. The first-order valence-electron chi connectivity index (χ1n) is 5.31. The molecule has 0 aromatic carbocycles. The van der Waals surface area contributed by atoms with Crippen LogP contribution in [-0.4, -0.2) is 29.0 Å². The van der Waals surface area contributed by atoms with E-state index < -0.39 is 0 Å². The maximum atomic E-state index is 5.73. The van der Waals surface area contributed by atoms with E-state index in [1.54, 1.807) is 5.51 Å². The molecule has 0 bridgehead atoms. The van der Waals surface area contributed by atoms with Crippen LogP contribution >= 0.6 is 11.3 Å². The van der Waals surface area contributed by atoms with Gasteiger partial charge in [-0.05, 0) is 13.8 Å². The monoisotopic (exact) mass is 249 g/mol. The van der Waals surface area contributed by atoms with Gasteiger partial charge in [0.25, 0.3) is 5.90 Å². The predicted molar refractivity (Wildman–Crippen MR) is 64.4 cm³/mol. The van der Waals surface area contributed by atoms with E-state index in [1.807, 2.05) is 13.8 Å². The Morgan fingerprint density at radius 1 is 1.29 bits per heavy atom. The summed E-state index contributed by atoms with van der Waals surface area (Å²) in [7, 11) is 0. The Morgan fingerprint density at radius 2 is 2.18 bits per heavy atom. The maximum Gasteiger partial charge on any atom is 0.255 e. The van der Waals surface area contributed by atoms with E-state index in [9.17, 15) is 0 Å². The van der Waals surface area contributed by atoms with E-state index in [4.69, 9.17) is 9.15 Å². The molecule has 0 radical (unpaired) electrons. The second-order valence-corrected chi connectivity index (χ2v) is 4.59. The molecule has 0 N–H and O–H groups in total. The van der Waals surface area contributed by atoms with Crippen molar-refractivity contribution in [3.63, 3.8) is 0 Å². The standard InChI is InChI=1S/C11H11N3O2S/c1-6-8(10-12-3-4-15-10)16-11(14-6)9-7(2)13-5-17-9/h5H,3-4H2,1-2H3. The molecule has 5 nitrogen and oxygen atoms in total. The molecule has 0 amide bonds. The van der Waals surface area contributed by atoms with Crippen molar-refractivity contribution >= 4 is 17.2 Å². The maximum absolute atomic E-state index is 5.73. The van der Waals surface area contributed by atoms with Crippen LogP contribution in [0.5, 0.6) is 0 Å². The first kappa shape index (κ1) is 10.5. The van der Waals surface area contributed by atoms with Crippen LogP contribution in [0.15, 0.2) is 14.9 Å². The zero-order valence-corrected chi connectivity index (χ0v) is 10.4. The fourth-order valence-electron chi connectivity index (χ4n) is 1.67. The summed E-state index contributed by atoms with van der Waals surface area (Å²) < 4.78 is 11.1. The Kier molecular flexibility index (Phi) is 2.44. The lowest BCUT2D eigenvalue weighted by Gasteiger charge is -1.96. The summed E-state index contributed by atoms with van der Waals surface area (Å²) in [5, 5.41) is 0. The number of ether oxygens (including phenoxy) is 1. The van der Waals surface area contributed by atoms with Crippen molar-refractivity contribution in [3.8, 4) is 10.8 Å². The van der Waals surface area contributed by atoms with Gasteiger partial charge >= 0.3 is 0 Å². The van der Waals surface area contributed by atoms with Gasteiger partial charge in [-0.1, -0.05) is 0 Å². The molecule has 2 aromatic heterocycles.